The number of nitrogens with one attached hydrogen (secondary N) is 1. The number of carbonyl (C=O) groups is 2. The van der Waals surface area contributed by atoms with Crippen LogP contribution in [0.3, 0.4) is 0 Å². The Morgan fingerprint density at radius 1 is 0.400 bits per heavy atom. The number of hydrogen-bond acceptors (Lipinski definition) is 15. The Bertz CT molecular complexity index is 5760. The van der Waals surface area contributed by atoms with Crippen molar-refractivity contribution in [2.45, 2.75) is 367 Å². The fraction of sp³-hybridized carbons (Fsp3) is 0.504. The fourth-order valence-corrected chi connectivity index (χ4v) is 22.8. The predicted molar refractivity (Wildman–Crippen MR) is 622 cm³/mol. The molecule has 2 atom stereocenters. The Morgan fingerprint density at radius 3 is 1.12 bits per heavy atom. The minimum absolute atomic E-state index is 0. The first kappa shape index (κ1) is 124. The van der Waals surface area contributed by atoms with Gasteiger partial charge < -0.3 is 53.2 Å². The number of aliphatic hydroxyl groups excluding tert-OH is 1. The molecule has 2 saturated heterocycles. The molecule has 24 heteroatoms. The molecular weight excluding hydrogens is 1910 g/mol. The summed E-state index contributed by atoms with van der Waals surface area (Å²) in [7, 11) is -13.7. The maximum absolute atomic E-state index is 12.5. The number of nitrogens with zero attached hydrogens (tertiary/aromatic N) is 1. The Kier molecular flexibility index (Phi) is 44.8. The van der Waals surface area contributed by atoms with E-state index in [-0.39, 0.29) is 71.3 Å². The molecule has 0 saturated carbocycles. The van der Waals surface area contributed by atoms with Crippen molar-refractivity contribution in [3.05, 3.63) is 266 Å². The molecule has 9 aliphatic rings. The number of hydrazone groups is 1. The van der Waals surface area contributed by atoms with Gasteiger partial charge in [-0.3, -0.25) is 9.59 Å². The van der Waals surface area contributed by atoms with Gasteiger partial charge in [0.15, 0.2) is 11.6 Å². The molecule has 0 bridgehead atoms. The van der Waals surface area contributed by atoms with E-state index in [1.807, 2.05) is 43.3 Å². The van der Waals surface area contributed by atoms with Gasteiger partial charge in [-0.05, 0) is 270 Å². The van der Waals surface area contributed by atoms with Gasteiger partial charge in [0.2, 0.25) is 25.0 Å². The number of sulfonamides is 1. The molecule has 2 aliphatic heterocycles. The van der Waals surface area contributed by atoms with E-state index in [1.54, 1.807) is 42.5 Å². The molecule has 8 aromatic carbocycles. The first-order valence-corrected chi connectivity index (χ1v) is 71.5. The third-order valence-electron chi connectivity index (χ3n) is 31.2. The van der Waals surface area contributed by atoms with Crippen LogP contribution in [0.25, 0.3) is 24.3 Å². The smallest absolute Gasteiger partial charge is 0.543 e. The maximum Gasteiger partial charge on any atom is 1.00 e. The summed E-state index contributed by atoms with van der Waals surface area (Å²) in [5.74, 6) is 7.70. The van der Waals surface area contributed by atoms with E-state index in [2.05, 4.69) is 348 Å². The molecule has 0 spiro atoms. The second-order valence-electron chi connectivity index (χ2n) is 48.2. The third kappa shape index (κ3) is 33.7. The summed E-state index contributed by atoms with van der Waals surface area (Å²) in [6.45, 7) is 79.9. The van der Waals surface area contributed by atoms with Crippen LogP contribution in [0.5, 0.6) is 40.2 Å². The zero-order chi connectivity index (χ0) is 107. The van der Waals surface area contributed by atoms with Gasteiger partial charge in [0.05, 0.1) is 10.6 Å². The molecule has 3 N–H and O–H groups in total. The van der Waals surface area contributed by atoms with Crippen molar-refractivity contribution in [3.63, 3.8) is 0 Å². The van der Waals surface area contributed by atoms with Crippen molar-refractivity contribution in [1.82, 2.24) is 4.83 Å². The standard InChI is InChI=1S/C32H46O2Si2.C22H30N2O3SSi.C15H22O2Si.2C15H22OSi.C9H8O2.2C4H8O.C4H9.CH4O.Li/c1-31(2,3)35(7,8)33-29-15-11-13-25-23(19-21-27(25)29)17-18-24-20-22-28-26(24)14-12-16-30(28)34-36(9,10)32(4,5)6;1-16-10-12-17(13-11-16)28(25,26)24-23-20-15-14-19-18(20)8-7-9-21(19)27-29(5,6)22(2,3)4;1-15(2,3)18(4,5)17-14-8-6-7-11-12(14)9-10-13(11)16;2*1-15(2,3)17(4,5)16-14-11-7-9-12-8-6-10-13(12)14;10-8-3-1-2-6-7(8)4-5-9(6)11;2*1-2-4-5-3-1;1-3-4-2;1-2;/h11-16,19-24H,17-18H2,1-10H3;7-13,24H,14-15H2,1-6H3;6-8H,9-10H2,1-5H3;6-7,9-11H,8H2,1-5H3;6-9,11H,10H2,1-5H3;1-3,10H,4-5H2;2*1-4H2;1,3-4H2,2H3;2H,1H3;/q;;;;;;;;-1;;+1/b;23-20-;;;;;;;;;. The van der Waals surface area contributed by atoms with E-state index in [0.717, 1.165) is 152 Å². The molecule has 2 unspecified atom stereocenters. The zero-order valence-electron chi connectivity index (χ0n) is 95.2. The van der Waals surface area contributed by atoms with Crippen molar-refractivity contribution in [1.29, 1.82) is 0 Å². The summed E-state index contributed by atoms with van der Waals surface area (Å²) >= 11 is 0. The van der Waals surface area contributed by atoms with Gasteiger partial charge in [-0.1, -0.05) is 289 Å². The number of allylic oxidation sites excluding steroid dienone is 4. The number of phenols is 1. The van der Waals surface area contributed by atoms with Crippen molar-refractivity contribution in [3.8, 4) is 40.2 Å². The number of fused-ring (bicyclic) bond motifs is 7. The molecule has 8 aromatic rings. The average molecular weight is 2090 g/mol. The number of aliphatic hydroxyl groups is 1. The van der Waals surface area contributed by atoms with Crippen LogP contribution in [-0.4, -0.2) is 119 Å². The first-order chi connectivity index (χ1) is 67.1. The average Bonchev–Trinajstić information content (AvgIpc) is 1.63. The summed E-state index contributed by atoms with van der Waals surface area (Å²) in [6, 6.07) is 49.7. The van der Waals surface area contributed by atoms with Gasteiger partial charge in [0.1, 0.15) is 40.2 Å². The quantitative estimate of drug-likeness (QED) is 0.0391. The molecule has 17 rings (SSSR count). The number of unbranched alkanes of at least 4 members (excludes halogenated alkanes) is 1. The molecule has 7 aliphatic carbocycles. The van der Waals surface area contributed by atoms with E-state index >= 15 is 0 Å². The number of Topliss-reactive ketones (excluding diaryl/α,β-unsaturated/α-hetero) is 2. The van der Waals surface area contributed by atoms with Crippen LogP contribution >= 0.6 is 0 Å². The summed E-state index contributed by atoms with van der Waals surface area (Å²) in [4.78, 5) is 25.4. The van der Waals surface area contributed by atoms with Gasteiger partial charge in [0, 0.05) is 114 Å². The number of ether oxygens (including phenoxy) is 2. The normalized spacial score (nSPS) is 16.5. The van der Waals surface area contributed by atoms with Crippen molar-refractivity contribution >= 4 is 102 Å². The number of ketones is 2. The van der Waals surface area contributed by atoms with E-state index in [0.29, 0.717) is 43.1 Å². The number of hydrogen-bond donors (Lipinski definition) is 3. The fourth-order valence-electron chi connectivity index (χ4n) is 15.7. The summed E-state index contributed by atoms with van der Waals surface area (Å²) in [5, 5.41) is 21.7. The largest absolute Gasteiger partial charge is 1.00 e. The van der Waals surface area contributed by atoms with Crippen LogP contribution in [0.1, 0.15) is 307 Å². The molecule has 0 radical (unpaired) electrons. The van der Waals surface area contributed by atoms with Gasteiger partial charge >= 0.3 is 18.9 Å². The van der Waals surface area contributed by atoms with E-state index in [4.69, 9.17) is 41.1 Å². The molecule has 0 amide bonds. The number of rotatable bonds is 19. The van der Waals surface area contributed by atoms with Crippen LogP contribution in [0, 0.1) is 13.8 Å². The number of aryl methyl sites for hydroxylation is 1. The van der Waals surface area contributed by atoms with Crippen LogP contribution in [0.15, 0.2) is 186 Å². The second kappa shape index (κ2) is 52.5. The van der Waals surface area contributed by atoms with Gasteiger partial charge in [-0.25, -0.2) is 0 Å². The number of carbonyl (C=O) groups excluding carboxylic acids is 2. The SMILES string of the molecule is C1CCOC1.C1CCOC1.CC(C)(C)[Si](C)(C)Oc1cccc2c1C=CC2.CC(C)(C)[Si](C)(C)Oc1cccc2c1C=CC2CCC1C=Cc2c(O[Si](C)(C)C(C)(C)C)cccc21.CC(C)(C)[Si](C)(C)Oc1cccc2c1CC=C2.CC(C)(C)[Si](C)(C)Oc1cccc2c1CCC2=O.CO.Cc1ccc(S(=O)(=O)N/N=C2/CCc3c(O[Si](C)(C)C(C)(C)C)cccc32)cc1.O=C1CCc2c(O)cccc21.[CH2-]CCC.[Li+]. The Labute approximate surface area is 894 Å². The maximum atomic E-state index is 12.5. The van der Waals surface area contributed by atoms with E-state index in [1.165, 1.54) is 76.6 Å². The molecule has 788 valence electrons. The molecule has 16 nitrogen and oxygen atoms in total. The number of benzene rings is 8. The Hall–Kier alpha value is -8.14. The molecule has 2 fully saturated rings. The summed E-state index contributed by atoms with van der Waals surface area (Å²) in [5.41, 5.74) is 18.1. The predicted octanol–water partition coefficient (Wildman–Crippen LogP) is 30.0. The molecule has 2 heterocycles. The molecule has 145 heavy (non-hydrogen) atoms. The summed E-state index contributed by atoms with van der Waals surface area (Å²) in [6.07, 6.45) is 34.1. The summed E-state index contributed by atoms with van der Waals surface area (Å²) < 4.78 is 74.1. The first-order valence-electron chi connectivity index (χ1n) is 52.6. The topological polar surface area (TPSA) is 207 Å². The Balaban J connectivity index is 0.000000235. The van der Waals surface area contributed by atoms with Crippen molar-refractivity contribution in [2.24, 2.45) is 5.10 Å². The van der Waals surface area contributed by atoms with Crippen LogP contribution < -0.4 is 50.2 Å². The molecular formula is C121H179LiN2O14SSi6. The van der Waals surface area contributed by atoms with Gasteiger partial charge in [-0.15, -0.1) is 0 Å². The minimum Gasteiger partial charge on any atom is -0.543 e. The van der Waals surface area contributed by atoms with E-state index < -0.39 is 59.9 Å². The van der Waals surface area contributed by atoms with Gasteiger partial charge in [-0.2, -0.15) is 24.8 Å². The second-order valence-corrected chi connectivity index (χ2v) is 78.2. The van der Waals surface area contributed by atoms with Crippen LogP contribution in [0.2, 0.25) is 109 Å². The van der Waals surface area contributed by atoms with Crippen LogP contribution in [0.4, 0.5) is 0 Å². The monoisotopic (exact) mass is 2090 g/mol. The van der Waals surface area contributed by atoms with Gasteiger partial charge in [0.25, 0.3) is 35.0 Å². The van der Waals surface area contributed by atoms with Crippen molar-refractivity contribution in [2.75, 3.05) is 33.5 Å². The molecule has 0 aromatic heterocycles. The van der Waals surface area contributed by atoms with Crippen molar-refractivity contribution < 1.29 is 83.1 Å². The minimum atomic E-state index is -3.69. The van der Waals surface area contributed by atoms with E-state index in [9.17, 15) is 23.1 Å². The van der Waals surface area contributed by atoms with Crippen LogP contribution in [-0.2, 0) is 51.6 Å². The zero-order valence-corrected chi connectivity index (χ0v) is 102. The number of phenolic OH excluding ortho intramolecular Hbond substituents is 1. The third-order valence-corrected chi connectivity index (χ3v) is 58.4. The Morgan fingerprint density at radius 2 is 0.731 bits per heavy atom. The number of aromatic hydroxyl groups is 1.